The van der Waals surface area contributed by atoms with Crippen molar-refractivity contribution in [3.8, 4) is 5.75 Å². The first-order valence-electron chi connectivity index (χ1n) is 11.1. The number of benzene rings is 3. The summed E-state index contributed by atoms with van der Waals surface area (Å²) in [5.74, 6) is 0.127. The van der Waals surface area contributed by atoms with E-state index in [2.05, 4.69) is 22.8 Å². The lowest BCUT2D eigenvalue weighted by atomic mass is 10.1. The first kappa shape index (κ1) is 23.7. The molecule has 6 nitrogen and oxygen atoms in total. The number of carbonyl (C=O) groups is 2. The van der Waals surface area contributed by atoms with E-state index in [1.54, 1.807) is 42.6 Å². The van der Waals surface area contributed by atoms with Gasteiger partial charge >= 0.3 is 0 Å². The number of hydrazone groups is 1. The monoisotopic (exact) mass is 443 g/mol. The molecule has 0 unspecified atom stereocenters. The fourth-order valence-corrected chi connectivity index (χ4v) is 3.23. The van der Waals surface area contributed by atoms with Gasteiger partial charge in [-0.15, -0.1) is 0 Å². The lowest BCUT2D eigenvalue weighted by Crippen LogP contribution is -2.21. The van der Waals surface area contributed by atoms with E-state index in [9.17, 15) is 9.59 Å². The summed E-state index contributed by atoms with van der Waals surface area (Å²) in [6, 6.07) is 21.6. The Morgan fingerprint density at radius 2 is 1.58 bits per heavy atom. The highest BCUT2D eigenvalue weighted by atomic mass is 16.5. The number of nitrogens with one attached hydrogen (secondary N) is 2. The van der Waals surface area contributed by atoms with E-state index in [1.807, 2.05) is 43.3 Å². The SMILES string of the molecule is CCCCCOc1ccc(/C=N\NC(=O)c2ccccc2NC(=O)c2ccccc2C)cc1. The summed E-state index contributed by atoms with van der Waals surface area (Å²) in [7, 11) is 0. The Kier molecular flexibility index (Phi) is 8.77. The van der Waals surface area contributed by atoms with Gasteiger partial charge in [0.15, 0.2) is 0 Å². The molecule has 6 heteroatoms. The fourth-order valence-electron chi connectivity index (χ4n) is 3.23. The standard InChI is InChI=1S/C27H29N3O3/c1-3-4-9-18-33-22-16-14-21(15-17-22)19-28-30-27(32)24-12-7-8-13-25(24)29-26(31)23-11-6-5-10-20(23)2/h5-8,10-17,19H,3-4,9,18H2,1-2H3,(H,29,31)(H,30,32)/b28-19-. The normalized spacial score (nSPS) is 10.7. The van der Waals surface area contributed by atoms with Gasteiger partial charge in [-0.25, -0.2) is 5.43 Å². The van der Waals surface area contributed by atoms with E-state index in [-0.39, 0.29) is 5.91 Å². The maximum Gasteiger partial charge on any atom is 0.273 e. The first-order valence-corrected chi connectivity index (χ1v) is 11.1. The van der Waals surface area contributed by atoms with Gasteiger partial charge in [0.1, 0.15) is 5.75 Å². The minimum atomic E-state index is -0.414. The summed E-state index contributed by atoms with van der Waals surface area (Å²) >= 11 is 0. The van der Waals surface area contributed by atoms with Crippen LogP contribution in [-0.2, 0) is 0 Å². The molecular formula is C27H29N3O3. The Hall–Kier alpha value is -3.93. The van der Waals surface area contributed by atoms with Crippen molar-refractivity contribution in [1.82, 2.24) is 5.43 Å². The number of rotatable bonds is 10. The average molecular weight is 444 g/mol. The Morgan fingerprint density at radius 3 is 2.30 bits per heavy atom. The average Bonchev–Trinajstić information content (AvgIpc) is 2.83. The molecule has 3 aromatic rings. The van der Waals surface area contributed by atoms with Crippen molar-refractivity contribution < 1.29 is 14.3 Å². The number of hydrogen-bond acceptors (Lipinski definition) is 4. The maximum atomic E-state index is 12.7. The van der Waals surface area contributed by atoms with Gasteiger partial charge in [0.05, 0.1) is 24.1 Å². The van der Waals surface area contributed by atoms with E-state index in [0.717, 1.165) is 36.1 Å². The molecule has 0 saturated carbocycles. The van der Waals surface area contributed by atoms with Crippen LogP contribution in [0.15, 0.2) is 77.9 Å². The van der Waals surface area contributed by atoms with Crippen molar-refractivity contribution in [2.75, 3.05) is 11.9 Å². The molecule has 0 aromatic heterocycles. The number of hydrogen-bond donors (Lipinski definition) is 2. The lowest BCUT2D eigenvalue weighted by molar-refractivity contribution is 0.0956. The quantitative estimate of drug-likeness (QED) is 0.244. The van der Waals surface area contributed by atoms with Gasteiger partial charge in [-0.3, -0.25) is 9.59 Å². The fraction of sp³-hybridized carbons (Fsp3) is 0.222. The van der Waals surface area contributed by atoms with Gasteiger partial charge in [-0.2, -0.15) is 5.10 Å². The van der Waals surface area contributed by atoms with Crippen LogP contribution in [0.4, 0.5) is 5.69 Å². The number of ether oxygens (including phenoxy) is 1. The van der Waals surface area contributed by atoms with Crippen LogP contribution in [0, 0.1) is 6.92 Å². The van der Waals surface area contributed by atoms with Crippen molar-refractivity contribution in [3.05, 3.63) is 95.1 Å². The smallest absolute Gasteiger partial charge is 0.273 e. The first-order chi connectivity index (χ1) is 16.1. The van der Waals surface area contributed by atoms with E-state index in [4.69, 9.17) is 4.74 Å². The number of nitrogens with zero attached hydrogens (tertiary/aromatic N) is 1. The number of amides is 2. The van der Waals surface area contributed by atoms with Gasteiger partial charge in [0.2, 0.25) is 0 Å². The highest BCUT2D eigenvalue weighted by Crippen LogP contribution is 2.18. The molecule has 0 aliphatic rings. The van der Waals surface area contributed by atoms with Crippen molar-refractivity contribution in [2.45, 2.75) is 33.1 Å². The minimum Gasteiger partial charge on any atom is -0.494 e. The van der Waals surface area contributed by atoms with Gasteiger partial charge in [-0.05, 0) is 66.9 Å². The predicted molar refractivity (Wildman–Crippen MR) is 132 cm³/mol. The summed E-state index contributed by atoms with van der Waals surface area (Å²) in [5.41, 5.74) is 5.52. The molecule has 2 N–H and O–H groups in total. The number of carbonyl (C=O) groups excluding carboxylic acids is 2. The Labute approximate surface area is 194 Å². The molecule has 0 bridgehead atoms. The van der Waals surface area contributed by atoms with Gasteiger partial charge in [-0.1, -0.05) is 50.1 Å². The minimum absolute atomic E-state index is 0.270. The summed E-state index contributed by atoms with van der Waals surface area (Å²) in [4.78, 5) is 25.3. The zero-order chi connectivity index (χ0) is 23.5. The lowest BCUT2D eigenvalue weighted by Gasteiger charge is -2.11. The second-order valence-electron chi connectivity index (χ2n) is 7.64. The number of unbranched alkanes of at least 4 members (excludes halogenated alkanes) is 2. The highest BCUT2D eigenvalue weighted by Gasteiger charge is 2.14. The van der Waals surface area contributed by atoms with Crippen molar-refractivity contribution in [1.29, 1.82) is 0 Å². The Balaban J connectivity index is 1.59. The molecule has 2 amide bonds. The maximum absolute atomic E-state index is 12.7. The zero-order valence-electron chi connectivity index (χ0n) is 19.0. The van der Waals surface area contributed by atoms with Gasteiger partial charge in [0, 0.05) is 5.56 Å². The zero-order valence-corrected chi connectivity index (χ0v) is 19.0. The Morgan fingerprint density at radius 1 is 0.879 bits per heavy atom. The van der Waals surface area contributed by atoms with Crippen LogP contribution in [0.2, 0.25) is 0 Å². The molecular weight excluding hydrogens is 414 g/mol. The molecule has 0 heterocycles. The van der Waals surface area contributed by atoms with Crippen LogP contribution in [0.3, 0.4) is 0 Å². The molecule has 0 saturated heterocycles. The van der Waals surface area contributed by atoms with Crippen LogP contribution in [0.5, 0.6) is 5.75 Å². The Bertz CT molecular complexity index is 1110. The van der Waals surface area contributed by atoms with E-state index >= 15 is 0 Å². The molecule has 0 radical (unpaired) electrons. The summed E-state index contributed by atoms with van der Waals surface area (Å²) in [5, 5.41) is 6.87. The molecule has 0 aliphatic carbocycles. The van der Waals surface area contributed by atoms with Crippen molar-refractivity contribution in [3.63, 3.8) is 0 Å². The molecule has 0 spiro atoms. The van der Waals surface area contributed by atoms with Crippen LogP contribution >= 0.6 is 0 Å². The summed E-state index contributed by atoms with van der Waals surface area (Å²) in [6.45, 7) is 4.73. The molecule has 0 fully saturated rings. The van der Waals surface area contributed by atoms with Crippen LogP contribution in [-0.4, -0.2) is 24.6 Å². The molecule has 3 rings (SSSR count). The molecule has 0 aliphatic heterocycles. The highest BCUT2D eigenvalue weighted by molar-refractivity contribution is 6.09. The third kappa shape index (κ3) is 7.04. The van der Waals surface area contributed by atoms with E-state index in [1.165, 1.54) is 0 Å². The second-order valence-corrected chi connectivity index (χ2v) is 7.64. The molecule has 3 aromatic carbocycles. The topological polar surface area (TPSA) is 79.8 Å². The summed E-state index contributed by atoms with van der Waals surface area (Å²) in [6.07, 6.45) is 4.92. The van der Waals surface area contributed by atoms with Gasteiger partial charge < -0.3 is 10.1 Å². The third-order valence-electron chi connectivity index (χ3n) is 5.09. The number of anilines is 1. The summed E-state index contributed by atoms with van der Waals surface area (Å²) < 4.78 is 5.70. The van der Waals surface area contributed by atoms with E-state index in [0.29, 0.717) is 23.4 Å². The number of para-hydroxylation sites is 1. The number of aryl methyl sites for hydroxylation is 1. The molecule has 33 heavy (non-hydrogen) atoms. The van der Waals surface area contributed by atoms with Crippen LogP contribution in [0.25, 0.3) is 0 Å². The van der Waals surface area contributed by atoms with Crippen LogP contribution in [0.1, 0.15) is 58.0 Å². The van der Waals surface area contributed by atoms with Crippen molar-refractivity contribution in [2.24, 2.45) is 5.10 Å². The third-order valence-corrected chi connectivity index (χ3v) is 5.09. The second kappa shape index (κ2) is 12.2. The van der Waals surface area contributed by atoms with Crippen molar-refractivity contribution >= 4 is 23.7 Å². The predicted octanol–water partition coefficient (Wildman–Crippen LogP) is 5.58. The molecule has 0 atom stereocenters. The van der Waals surface area contributed by atoms with Crippen LogP contribution < -0.4 is 15.5 Å². The largest absolute Gasteiger partial charge is 0.494 e. The van der Waals surface area contributed by atoms with E-state index < -0.39 is 5.91 Å². The van der Waals surface area contributed by atoms with Gasteiger partial charge in [0.25, 0.3) is 11.8 Å². The molecule has 170 valence electrons.